The van der Waals surface area contributed by atoms with E-state index < -0.39 is 35.0 Å². The Balaban J connectivity index is 1.60. The number of fused-ring (bicyclic) bond motifs is 2. The molecule has 1 spiro atoms. The zero-order valence-corrected chi connectivity index (χ0v) is 20.1. The lowest BCUT2D eigenvalue weighted by molar-refractivity contribution is -0.137. The molecule has 1 saturated heterocycles. The van der Waals surface area contributed by atoms with Gasteiger partial charge >= 0.3 is 0 Å². The van der Waals surface area contributed by atoms with Crippen LogP contribution in [0.3, 0.4) is 0 Å². The molecule has 0 aliphatic carbocycles. The molecule has 2 aliphatic rings. The monoisotopic (exact) mass is 497 g/mol. The van der Waals surface area contributed by atoms with Crippen LogP contribution in [0.25, 0.3) is 0 Å². The number of nitrogens with zero attached hydrogens (tertiary/aromatic N) is 3. The number of hydrogen-bond acceptors (Lipinski definition) is 5. The number of amides is 3. The Kier molecular flexibility index (Phi) is 6.52. The summed E-state index contributed by atoms with van der Waals surface area (Å²) in [6.45, 7) is 2.56. The van der Waals surface area contributed by atoms with Crippen LogP contribution in [-0.4, -0.2) is 51.9 Å². The van der Waals surface area contributed by atoms with Crippen LogP contribution in [0.4, 0.5) is 10.1 Å². The average Bonchev–Trinajstić information content (AvgIpc) is 3.31. The highest BCUT2D eigenvalue weighted by molar-refractivity contribution is 6.31. The van der Waals surface area contributed by atoms with Crippen molar-refractivity contribution >= 4 is 35.0 Å². The first-order valence-corrected chi connectivity index (χ1v) is 11.6. The highest BCUT2D eigenvalue weighted by Crippen LogP contribution is 2.47. The van der Waals surface area contributed by atoms with Crippen molar-refractivity contribution in [3.63, 3.8) is 0 Å². The summed E-state index contributed by atoms with van der Waals surface area (Å²) in [5.41, 5.74) is -1.02. The molecule has 1 aromatic heterocycles. The second kappa shape index (κ2) is 9.27. The van der Waals surface area contributed by atoms with E-state index in [1.165, 1.54) is 18.7 Å². The molecule has 3 heterocycles. The molecule has 2 aromatic rings. The van der Waals surface area contributed by atoms with E-state index in [9.17, 15) is 24.0 Å². The second-order valence-corrected chi connectivity index (χ2v) is 10.1. The molecular formula is C25H25ClFN5O3. The number of carbonyl (C=O) groups excluding carboxylic acids is 3. The Morgan fingerprint density at radius 2 is 2.09 bits per heavy atom. The largest absolute Gasteiger partial charge is 0.344 e. The quantitative estimate of drug-likeness (QED) is 0.636. The Labute approximate surface area is 207 Å². The number of nitrogens with one attached hydrogen (secondary N) is 2. The molecule has 0 radical (unpaired) electrons. The zero-order valence-electron chi connectivity index (χ0n) is 19.3. The molecule has 0 unspecified atom stereocenters. The van der Waals surface area contributed by atoms with Gasteiger partial charge in [0.2, 0.25) is 17.7 Å². The Hall–Kier alpha value is -3.51. The lowest BCUT2D eigenvalue weighted by Gasteiger charge is -2.29. The summed E-state index contributed by atoms with van der Waals surface area (Å²) < 4.78 is 14.7. The summed E-state index contributed by atoms with van der Waals surface area (Å²) in [5.74, 6) is -1.39. The summed E-state index contributed by atoms with van der Waals surface area (Å²) in [4.78, 5) is 44.6. The first kappa shape index (κ1) is 24.6. The number of pyridine rings is 1. The van der Waals surface area contributed by atoms with Crippen molar-refractivity contribution in [3.8, 4) is 6.07 Å². The fraction of sp³-hybridized carbons (Fsp3) is 0.400. The maximum Gasteiger partial charge on any atom is 0.246 e. The van der Waals surface area contributed by atoms with Gasteiger partial charge in [-0.3, -0.25) is 19.4 Å². The minimum Gasteiger partial charge on any atom is -0.344 e. The summed E-state index contributed by atoms with van der Waals surface area (Å²) >= 11 is 6.17. The Bertz CT molecular complexity index is 1210. The Morgan fingerprint density at radius 3 is 2.74 bits per heavy atom. The summed E-state index contributed by atoms with van der Waals surface area (Å²) in [6, 6.07) is 8.31. The van der Waals surface area contributed by atoms with Crippen molar-refractivity contribution in [2.75, 3.05) is 11.9 Å². The number of anilines is 1. The van der Waals surface area contributed by atoms with Crippen LogP contribution in [0.5, 0.6) is 0 Å². The highest BCUT2D eigenvalue weighted by Gasteiger charge is 2.56. The van der Waals surface area contributed by atoms with E-state index in [4.69, 9.17) is 11.6 Å². The van der Waals surface area contributed by atoms with Gasteiger partial charge in [0.15, 0.2) is 0 Å². The smallest absolute Gasteiger partial charge is 0.246 e. The van der Waals surface area contributed by atoms with Crippen LogP contribution < -0.4 is 10.6 Å². The molecular weight excluding hydrogens is 473 g/mol. The number of aromatic nitrogens is 1. The molecule has 1 aromatic carbocycles. The second-order valence-electron chi connectivity index (χ2n) is 9.62. The van der Waals surface area contributed by atoms with Gasteiger partial charge in [-0.1, -0.05) is 11.6 Å². The third kappa shape index (κ3) is 4.98. The van der Waals surface area contributed by atoms with Crippen molar-refractivity contribution in [2.45, 2.75) is 56.3 Å². The summed E-state index contributed by atoms with van der Waals surface area (Å²) in [6.07, 6.45) is 2.87. The van der Waals surface area contributed by atoms with Crippen LogP contribution >= 0.6 is 11.6 Å². The molecule has 10 heteroatoms. The van der Waals surface area contributed by atoms with E-state index in [2.05, 4.69) is 21.7 Å². The molecule has 0 bridgehead atoms. The summed E-state index contributed by atoms with van der Waals surface area (Å²) in [7, 11) is 0. The van der Waals surface area contributed by atoms with Gasteiger partial charge < -0.3 is 15.5 Å². The third-order valence-electron chi connectivity index (χ3n) is 6.41. The van der Waals surface area contributed by atoms with Gasteiger partial charge in [-0.15, -0.1) is 0 Å². The van der Waals surface area contributed by atoms with Crippen molar-refractivity contribution in [1.29, 1.82) is 5.26 Å². The predicted octanol–water partition coefficient (Wildman–Crippen LogP) is 2.92. The van der Waals surface area contributed by atoms with E-state index >= 15 is 0 Å². The number of halogens is 2. The standard InChI is InChI=1S/C25H25ClFN5O3/c1-24(2,27)12-20(30-21(33)9-15-5-7-29-8-6-15)22(34)32-14-25(11-17(32)13-28)18-10-16(26)3-4-19(18)31-23(25)35/h3-8,10,17,20H,9,11-12,14H2,1-2H3,(H,30,33)(H,31,35)/t17-,20-,25-/m0/s1. The predicted molar refractivity (Wildman–Crippen MR) is 127 cm³/mol. The topological polar surface area (TPSA) is 115 Å². The summed E-state index contributed by atoms with van der Waals surface area (Å²) in [5, 5.41) is 15.7. The average molecular weight is 498 g/mol. The molecule has 2 N–H and O–H groups in total. The normalized spacial score (nSPS) is 21.9. The lowest BCUT2D eigenvalue weighted by atomic mass is 9.80. The number of nitriles is 1. The number of alkyl halides is 1. The first-order valence-electron chi connectivity index (χ1n) is 11.2. The molecule has 3 amide bonds. The molecule has 0 saturated carbocycles. The van der Waals surface area contributed by atoms with Crippen LogP contribution in [0.2, 0.25) is 5.02 Å². The van der Waals surface area contributed by atoms with Gasteiger partial charge in [-0.25, -0.2) is 4.39 Å². The van der Waals surface area contributed by atoms with Crippen molar-refractivity contribution < 1.29 is 18.8 Å². The minimum atomic E-state index is -1.77. The van der Waals surface area contributed by atoms with Crippen molar-refractivity contribution in [3.05, 3.63) is 58.9 Å². The number of benzene rings is 1. The van der Waals surface area contributed by atoms with Crippen molar-refractivity contribution in [2.24, 2.45) is 0 Å². The molecule has 182 valence electrons. The Morgan fingerprint density at radius 1 is 1.37 bits per heavy atom. The number of carbonyl (C=O) groups is 3. The SMILES string of the molecule is CC(C)(F)C[C@H](NC(=O)Cc1ccncc1)C(=O)N1C[C@]2(C[C@H]1C#N)C(=O)Nc1ccc(Cl)cc12. The van der Waals surface area contributed by atoms with E-state index in [1.54, 1.807) is 42.7 Å². The number of rotatable bonds is 6. The fourth-order valence-electron chi connectivity index (χ4n) is 4.81. The van der Waals surface area contributed by atoms with Crippen LogP contribution in [0.1, 0.15) is 37.8 Å². The van der Waals surface area contributed by atoms with Gasteiger partial charge in [-0.05, 0) is 55.3 Å². The molecule has 3 atom stereocenters. The van der Waals surface area contributed by atoms with Crippen LogP contribution in [-0.2, 0) is 26.2 Å². The molecule has 35 heavy (non-hydrogen) atoms. The van der Waals surface area contributed by atoms with Gasteiger partial charge in [0.1, 0.15) is 17.8 Å². The third-order valence-corrected chi connectivity index (χ3v) is 6.64. The highest BCUT2D eigenvalue weighted by atomic mass is 35.5. The van der Waals surface area contributed by atoms with E-state index in [1.807, 2.05) is 0 Å². The zero-order chi connectivity index (χ0) is 25.4. The maximum atomic E-state index is 14.7. The van der Waals surface area contributed by atoms with Gasteiger partial charge in [-0.2, -0.15) is 5.26 Å². The lowest BCUT2D eigenvalue weighted by Crippen LogP contribution is -2.52. The maximum absolute atomic E-state index is 14.7. The minimum absolute atomic E-state index is 0.0150. The van der Waals surface area contributed by atoms with E-state index in [-0.39, 0.29) is 31.7 Å². The van der Waals surface area contributed by atoms with Gasteiger partial charge in [0.25, 0.3) is 0 Å². The number of hydrogen-bond donors (Lipinski definition) is 2. The molecule has 4 rings (SSSR count). The van der Waals surface area contributed by atoms with Crippen LogP contribution in [0.15, 0.2) is 42.7 Å². The van der Waals surface area contributed by atoms with Crippen molar-refractivity contribution in [1.82, 2.24) is 15.2 Å². The van der Waals surface area contributed by atoms with Crippen LogP contribution in [0, 0.1) is 11.3 Å². The first-order chi connectivity index (χ1) is 16.5. The molecule has 1 fully saturated rings. The van der Waals surface area contributed by atoms with E-state index in [0.29, 0.717) is 21.8 Å². The number of likely N-dealkylation sites (tertiary alicyclic amines) is 1. The van der Waals surface area contributed by atoms with Gasteiger partial charge in [0.05, 0.1) is 17.9 Å². The molecule has 2 aliphatic heterocycles. The fourth-order valence-corrected chi connectivity index (χ4v) is 4.99. The van der Waals surface area contributed by atoms with E-state index in [0.717, 1.165) is 0 Å². The van der Waals surface area contributed by atoms with Gasteiger partial charge in [0, 0.05) is 42.5 Å². The molecule has 8 nitrogen and oxygen atoms in total.